The van der Waals surface area contributed by atoms with E-state index in [2.05, 4.69) is 0 Å². The maximum Gasteiger partial charge on any atom is 0 e. The Morgan fingerprint density at radius 2 is 0.538 bits per heavy atom. The van der Waals surface area contributed by atoms with Crippen molar-refractivity contribution in [1.82, 2.24) is 0 Å². The van der Waals surface area contributed by atoms with Gasteiger partial charge in [-0.25, -0.2) is 0 Å². The zero-order chi connectivity index (χ0) is 28.4. The Balaban J connectivity index is -0.000000127. The molecule has 39 heavy (non-hydrogen) atoms. The van der Waals surface area contributed by atoms with Gasteiger partial charge in [0.25, 0.3) is 0 Å². The Bertz CT molecular complexity index is 861. The van der Waals surface area contributed by atoms with E-state index in [1.54, 1.807) is 0 Å². The standard InChI is InChI=1S/C7H8O3.2C6H6O3.6ClH.5Ti/c1-10-7-3-5(8)2-6(9)4-7;2*7-4-1-5(8)3-6(9)2-4;;;;;;;;;;;/h2-4,8-9H,1H3;2*1-3,7-9H;6*1H;;;;;/q;;;;;;;;;;;;2*+3/p-6. The van der Waals surface area contributed by atoms with E-state index in [4.69, 9.17) is 101 Å². The van der Waals surface area contributed by atoms with E-state index in [-0.39, 0.29) is 111 Å². The summed E-state index contributed by atoms with van der Waals surface area (Å²) in [5, 5.41) is 69.8. The van der Waals surface area contributed by atoms with Crippen LogP contribution >= 0.6 is 55.8 Å². The summed E-state index contributed by atoms with van der Waals surface area (Å²) in [5.74, 6) is -0.439. The normalized spacial score (nSPS) is 8.08. The number of hydrogen-bond acceptors (Lipinski definition) is 9. The number of ether oxygens (including phenoxy) is 1. The molecule has 0 saturated carbocycles. The quantitative estimate of drug-likeness (QED) is 0.122. The van der Waals surface area contributed by atoms with E-state index in [1.165, 1.54) is 25.3 Å². The summed E-state index contributed by atoms with van der Waals surface area (Å²) in [5.41, 5.74) is 0. The van der Waals surface area contributed by atoms with Crippen LogP contribution in [0.1, 0.15) is 0 Å². The number of methoxy groups -OCH3 is 1. The van der Waals surface area contributed by atoms with Gasteiger partial charge in [-0.15, -0.1) is 0 Å². The Labute approximate surface area is 305 Å². The van der Waals surface area contributed by atoms with Crippen LogP contribution in [0.3, 0.4) is 0 Å². The van der Waals surface area contributed by atoms with Crippen LogP contribution in [-0.4, -0.2) is 48.0 Å². The molecule has 8 N–H and O–H groups in total. The van der Waals surface area contributed by atoms with Crippen LogP contribution in [0.4, 0.5) is 0 Å². The monoisotopic (exact) mass is 842 g/mol. The van der Waals surface area contributed by atoms with Crippen LogP contribution in [0.5, 0.6) is 51.7 Å². The minimum atomic E-state index is -1.92. The van der Waals surface area contributed by atoms with Crippen molar-refractivity contribution >= 4 is 55.8 Å². The second-order valence-electron chi connectivity index (χ2n) is 5.73. The zero-order valence-electron chi connectivity index (χ0n) is 19.4. The first kappa shape index (κ1) is 49.8. The van der Waals surface area contributed by atoms with Gasteiger partial charge in [0.05, 0.1) is 7.11 Å². The van der Waals surface area contributed by atoms with Crippen molar-refractivity contribution < 1.29 is 140 Å². The molecule has 0 heterocycles. The molecule has 0 aromatic heterocycles. The molecular formula is C19H20Cl6O9Ti5. The van der Waals surface area contributed by atoms with Crippen molar-refractivity contribution in [3.63, 3.8) is 0 Å². The fraction of sp³-hybridized carbons (Fsp3) is 0.0526. The Kier molecular flexibility index (Phi) is 37.4. The van der Waals surface area contributed by atoms with E-state index < -0.39 is 29.4 Å². The van der Waals surface area contributed by atoms with Crippen molar-refractivity contribution in [2.24, 2.45) is 0 Å². The molecule has 3 aromatic carbocycles. The molecule has 0 amide bonds. The second kappa shape index (κ2) is 29.3. The topological polar surface area (TPSA) is 171 Å². The van der Waals surface area contributed by atoms with Crippen molar-refractivity contribution in [2.75, 3.05) is 7.11 Å². The maximum absolute atomic E-state index is 8.88. The molecular weight excluding hydrogens is 824 g/mol. The number of aromatic hydroxyl groups is 8. The van der Waals surface area contributed by atoms with Gasteiger partial charge in [-0.3, -0.25) is 0 Å². The number of rotatable bonds is 1. The van der Waals surface area contributed by atoms with Gasteiger partial charge in [-0.2, -0.15) is 0 Å². The molecule has 3 aromatic rings. The number of halogens is 6. The van der Waals surface area contributed by atoms with Gasteiger partial charge >= 0.3 is 85.2 Å². The van der Waals surface area contributed by atoms with Crippen molar-refractivity contribution in [3.8, 4) is 51.7 Å². The van der Waals surface area contributed by atoms with Crippen LogP contribution in [0, 0.1) is 0 Å². The molecule has 0 atom stereocenters. The van der Waals surface area contributed by atoms with Crippen molar-refractivity contribution in [3.05, 3.63) is 54.6 Å². The Morgan fingerprint density at radius 3 is 0.667 bits per heavy atom. The third-order valence-electron chi connectivity index (χ3n) is 2.89. The first-order valence-electron chi connectivity index (χ1n) is 8.73. The summed E-state index contributed by atoms with van der Waals surface area (Å²) in [6.45, 7) is 0. The predicted octanol–water partition coefficient (Wildman–Crippen LogP) is 6.84. The number of phenols is 8. The molecule has 20 heteroatoms. The number of benzene rings is 3. The van der Waals surface area contributed by atoms with Crippen LogP contribution < -0.4 is 4.74 Å². The molecule has 0 radical (unpaired) electrons. The molecule has 0 aliphatic carbocycles. The summed E-state index contributed by atoms with van der Waals surface area (Å²) in [4.78, 5) is 0. The second-order valence-corrected chi connectivity index (χ2v) is 21.2. The van der Waals surface area contributed by atoms with Crippen LogP contribution in [0.15, 0.2) is 54.6 Å². The molecule has 3 rings (SSSR count). The molecule has 0 aliphatic rings. The fourth-order valence-corrected chi connectivity index (χ4v) is 1.84. The number of hydrogen-bond donors (Lipinski definition) is 8. The van der Waals surface area contributed by atoms with Gasteiger partial charge in [-0.1, -0.05) is 0 Å². The van der Waals surface area contributed by atoms with Gasteiger partial charge in [0.15, 0.2) is 0 Å². The van der Waals surface area contributed by atoms with Crippen LogP contribution in [-0.2, 0) is 94.5 Å². The third kappa shape index (κ3) is 35.3. The van der Waals surface area contributed by atoms with Gasteiger partial charge < -0.3 is 45.6 Å². The molecule has 0 fully saturated rings. The first-order chi connectivity index (χ1) is 16.5. The van der Waals surface area contributed by atoms with E-state index >= 15 is 0 Å². The molecule has 0 unspecified atom stereocenters. The van der Waals surface area contributed by atoms with Crippen molar-refractivity contribution in [1.29, 1.82) is 0 Å². The third-order valence-corrected chi connectivity index (χ3v) is 2.89. The zero-order valence-corrected chi connectivity index (χ0v) is 31.8. The molecule has 0 spiro atoms. The minimum Gasteiger partial charge on any atom is 0 e. The SMILES string of the molecule is COc1cc(O)cc(O)c1.Oc1cc(O)cc(O)c1.Oc1cc(O)cc(O)c1.[Cl][Ti]([Cl])[Cl].[Cl][Ti]([Cl])[Cl].[Ti].[Ti].[Ti]. The van der Waals surface area contributed by atoms with E-state index in [1.807, 2.05) is 0 Å². The van der Waals surface area contributed by atoms with E-state index in [9.17, 15) is 0 Å². The van der Waals surface area contributed by atoms with E-state index in [0.29, 0.717) is 5.75 Å². The van der Waals surface area contributed by atoms with Crippen LogP contribution in [0.25, 0.3) is 0 Å². The fourth-order valence-electron chi connectivity index (χ4n) is 1.84. The molecule has 0 bridgehead atoms. The number of phenolic OH excluding ortho intramolecular Hbond substituents is 8. The summed E-state index contributed by atoms with van der Waals surface area (Å²) >= 11 is -3.83. The largest absolute Gasteiger partial charge is 0 e. The summed E-state index contributed by atoms with van der Waals surface area (Å²) < 4.78 is 4.76. The molecule has 0 saturated heterocycles. The predicted molar refractivity (Wildman–Crippen MR) is 134 cm³/mol. The Hall–Kier alpha value is 1.17. The maximum atomic E-state index is 8.88. The molecule has 212 valence electrons. The van der Waals surface area contributed by atoms with Gasteiger partial charge in [0, 0.05) is 120 Å². The molecule has 9 nitrogen and oxygen atoms in total. The summed E-state index contributed by atoms with van der Waals surface area (Å²) in [6.07, 6.45) is 0. The molecule has 0 aliphatic heterocycles. The van der Waals surface area contributed by atoms with Gasteiger partial charge in [0.1, 0.15) is 51.7 Å². The van der Waals surface area contributed by atoms with Gasteiger partial charge in [-0.05, 0) is 0 Å². The average molecular weight is 844 g/mol. The summed E-state index contributed by atoms with van der Waals surface area (Å²) in [7, 11) is 31.3. The Morgan fingerprint density at radius 1 is 0.410 bits per heavy atom. The van der Waals surface area contributed by atoms with Crippen LogP contribution in [0.2, 0.25) is 0 Å². The van der Waals surface area contributed by atoms with Gasteiger partial charge in [0.2, 0.25) is 0 Å². The smallest absolute Gasteiger partial charge is 0 e. The van der Waals surface area contributed by atoms with E-state index in [0.717, 1.165) is 36.4 Å². The average Bonchev–Trinajstić information content (AvgIpc) is 2.65. The first-order valence-corrected chi connectivity index (χ1v) is 21.6. The minimum absolute atomic E-state index is 0. The summed E-state index contributed by atoms with van der Waals surface area (Å²) in [6, 6.07) is 10.9. The van der Waals surface area contributed by atoms with Crippen molar-refractivity contribution in [2.45, 2.75) is 0 Å².